The van der Waals surface area contributed by atoms with Crippen molar-refractivity contribution in [1.82, 2.24) is 0 Å². The molecule has 0 aromatic heterocycles. The first-order valence-electron chi connectivity index (χ1n) is 6.20. The predicted octanol–water partition coefficient (Wildman–Crippen LogP) is 3.03. The summed E-state index contributed by atoms with van der Waals surface area (Å²) in [6.45, 7) is 6.56. The molecule has 1 amide bonds. The number of nitrogens with one attached hydrogen (secondary N) is 1. The van der Waals surface area contributed by atoms with Crippen LogP contribution in [0.3, 0.4) is 0 Å². The molecule has 1 heterocycles. The minimum Gasteiger partial charge on any atom is -0.443 e. The predicted molar refractivity (Wildman–Crippen MR) is 73.3 cm³/mol. The normalized spacial score (nSPS) is 13.8. The van der Waals surface area contributed by atoms with Gasteiger partial charge in [0.05, 0.1) is 0 Å². The summed E-state index contributed by atoms with van der Waals surface area (Å²) in [5.41, 5.74) is 2.79. The second kappa shape index (κ2) is 4.52. The molecule has 0 spiro atoms. The van der Waals surface area contributed by atoms with Crippen LogP contribution >= 0.6 is 0 Å². The van der Waals surface area contributed by atoms with Crippen LogP contribution in [0.4, 0.5) is 16.2 Å². The van der Waals surface area contributed by atoms with Gasteiger partial charge in [-0.2, -0.15) is 0 Å². The largest absolute Gasteiger partial charge is 0.443 e. The second-order valence-electron chi connectivity index (χ2n) is 5.56. The molecule has 0 unspecified atom stereocenters. The first-order chi connectivity index (χ1) is 8.37. The molecule has 0 saturated carbocycles. The molecule has 1 aliphatic heterocycles. The smallest absolute Gasteiger partial charge is 0.414 e. The Morgan fingerprint density at radius 2 is 2.11 bits per heavy atom. The molecule has 1 aromatic rings. The molecule has 98 valence electrons. The Balaban J connectivity index is 2.14. The maximum atomic E-state index is 11.9. The summed E-state index contributed by atoms with van der Waals surface area (Å²) in [5.74, 6) is 0. The van der Waals surface area contributed by atoms with Gasteiger partial charge < -0.3 is 10.1 Å². The van der Waals surface area contributed by atoms with Crippen LogP contribution in [0.25, 0.3) is 0 Å². The number of fused-ring (bicyclic) bond motifs is 1. The van der Waals surface area contributed by atoms with Gasteiger partial charge >= 0.3 is 6.09 Å². The molecule has 0 aliphatic carbocycles. The number of hydrogen-bond acceptors (Lipinski definition) is 3. The SMILES string of the molecule is CN(C(=O)OC(C)(C)C)c1ccc2c(c1)NCC2. The van der Waals surface area contributed by atoms with Crippen LogP contribution in [0.2, 0.25) is 0 Å². The number of ether oxygens (including phenoxy) is 1. The molecule has 0 radical (unpaired) electrons. The minimum atomic E-state index is -0.472. The number of hydrogen-bond donors (Lipinski definition) is 1. The topological polar surface area (TPSA) is 41.6 Å². The summed E-state index contributed by atoms with van der Waals surface area (Å²) in [5, 5.41) is 3.30. The van der Waals surface area contributed by atoms with Crippen molar-refractivity contribution in [2.75, 3.05) is 23.8 Å². The summed E-state index contributed by atoms with van der Waals surface area (Å²) in [7, 11) is 1.73. The van der Waals surface area contributed by atoms with Gasteiger partial charge in [0.15, 0.2) is 0 Å². The zero-order chi connectivity index (χ0) is 13.3. The van der Waals surface area contributed by atoms with Gasteiger partial charge in [-0.1, -0.05) is 6.07 Å². The molecule has 0 atom stereocenters. The fourth-order valence-corrected chi connectivity index (χ4v) is 1.92. The van der Waals surface area contributed by atoms with Crippen molar-refractivity contribution in [3.8, 4) is 0 Å². The lowest BCUT2D eigenvalue weighted by Crippen LogP contribution is -2.34. The molecule has 18 heavy (non-hydrogen) atoms. The van der Waals surface area contributed by atoms with Crippen molar-refractivity contribution in [2.45, 2.75) is 32.8 Å². The minimum absolute atomic E-state index is 0.333. The van der Waals surface area contributed by atoms with Crippen molar-refractivity contribution >= 4 is 17.5 Å². The van der Waals surface area contributed by atoms with Gasteiger partial charge in [-0.3, -0.25) is 4.90 Å². The van der Waals surface area contributed by atoms with Crippen molar-refractivity contribution in [2.24, 2.45) is 0 Å². The lowest BCUT2D eigenvalue weighted by molar-refractivity contribution is 0.0589. The summed E-state index contributed by atoms with van der Waals surface area (Å²) in [6.07, 6.45) is 0.714. The number of amides is 1. The monoisotopic (exact) mass is 248 g/mol. The standard InChI is InChI=1S/C14H20N2O2/c1-14(2,3)18-13(17)16(4)11-6-5-10-7-8-15-12(10)9-11/h5-6,9,15H,7-8H2,1-4H3. The van der Waals surface area contributed by atoms with E-state index < -0.39 is 5.60 Å². The van der Waals surface area contributed by atoms with E-state index in [2.05, 4.69) is 11.4 Å². The number of anilines is 2. The molecule has 1 aliphatic rings. The first kappa shape index (κ1) is 12.7. The van der Waals surface area contributed by atoms with Crippen LogP contribution in [0.15, 0.2) is 18.2 Å². The summed E-state index contributed by atoms with van der Waals surface area (Å²) < 4.78 is 5.34. The highest BCUT2D eigenvalue weighted by molar-refractivity contribution is 5.88. The highest BCUT2D eigenvalue weighted by atomic mass is 16.6. The van der Waals surface area contributed by atoms with Crippen LogP contribution in [-0.2, 0) is 11.2 Å². The van der Waals surface area contributed by atoms with Gasteiger partial charge in [0.25, 0.3) is 0 Å². The molecule has 4 nitrogen and oxygen atoms in total. The zero-order valence-electron chi connectivity index (χ0n) is 11.4. The zero-order valence-corrected chi connectivity index (χ0v) is 11.4. The summed E-state index contributed by atoms with van der Waals surface area (Å²) in [4.78, 5) is 13.5. The van der Waals surface area contributed by atoms with Gasteiger partial charge in [0, 0.05) is 25.0 Å². The molecular weight excluding hydrogens is 228 g/mol. The highest BCUT2D eigenvalue weighted by Gasteiger charge is 2.21. The Hall–Kier alpha value is -1.71. The Morgan fingerprint density at radius 3 is 2.78 bits per heavy atom. The van der Waals surface area contributed by atoms with Crippen LogP contribution in [-0.4, -0.2) is 25.3 Å². The van der Waals surface area contributed by atoms with E-state index in [1.165, 1.54) is 10.5 Å². The van der Waals surface area contributed by atoms with E-state index in [0.717, 1.165) is 24.3 Å². The van der Waals surface area contributed by atoms with Crippen LogP contribution in [0.1, 0.15) is 26.3 Å². The molecule has 0 saturated heterocycles. The molecule has 2 rings (SSSR count). The van der Waals surface area contributed by atoms with Crippen LogP contribution in [0.5, 0.6) is 0 Å². The lowest BCUT2D eigenvalue weighted by Gasteiger charge is -2.25. The van der Waals surface area contributed by atoms with Crippen molar-refractivity contribution in [1.29, 1.82) is 0 Å². The Kier molecular flexibility index (Phi) is 3.20. The van der Waals surface area contributed by atoms with Crippen molar-refractivity contribution in [3.05, 3.63) is 23.8 Å². The summed E-state index contributed by atoms with van der Waals surface area (Å²) >= 11 is 0. The molecule has 1 aromatic carbocycles. The van der Waals surface area contributed by atoms with Crippen molar-refractivity contribution in [3.63, 3.8) is 0 Å². The quantitative estimate of drug-likeness (QED) is 0.830. The molecule has 1 N–H and O–H groups in total. The highest BCUT2D eigenvalue weighted by Crippen LogP contribution is 2.27. The average Bonchev–Trinajstić information content (AvgIpc) is 2.72. The van der Waals surface area contributed by atoms with E-state index in [4.69, 9.17) is 4.74 Å². The van der Waals surface area contributed by atoms with Crippen LogP contribution in [0, 0.1) is 0 Å². The molecule has 4 heteroatoms. The van der Waals surface area contributed by atoms with Gasteiger partial charge in [-0.05, 0) is 44.9 Å². The molecule has 0 bridgehead atoms. The lowest BCUT2D eigenvalue weighted by atomic mass is 10.1. The van der Waals surface area contributed by atoms with Gasteiger partial charge in [0.2, 0.25) is 0 Å². The summed E-state index contributed by atoms with van der Waals surface area (Å²) in [6, 6.07) is 6.01. The maximum Gasteiger partial charge on any atom is 0.414 e. The molecule has 0 fully saturated rings. The number of nitrogens with zero attached hydrogens (tertiary/aromatic N) is 1. The number of carbonyl (C=O) groups is 1. The second-order valence-corrected chi connectivity index (χ2v) is 5.56. The van der Waals surface area contributed by atoms with Crippen LogP contribution < -0.4 is 10.2 Å². The van der Waals surface area contributed by atoms with Gasteiger partial charge in [-0.25, -0.2) is 4.79 Å². The fourth-order valence-electron chi connectivity index (χ4n) is 1.92. The van der Waals surface area contributed by atoms with Gasteiger partial charge in [0.1, 0.15) is 5.60 Å². The Bertz CT molecular complexity index is 463. The third-order valence-corrected chi connectivity index (χ3v) is 2.86. The van der Waals surface area contributed by atoms with Gasteiger partial charge in [-0.15, -0.1) is 0 Å². The van der Waals surface area contributed by atoms with E-state index in [1.54, 1.807) is 7.05 Å². The fraction of sp³-hybridized carbons (Fsp3) is 0.500. The van der Waals surface area contributed by atoms with E-state index >= 15 is 0 Å². The Morgan fingerprint density at radius 1 is 1.39 bits per heavy atom. The first-order valence-corrected chi connectivity index (χ1v) is 6.20. The number of carbonyl (C=O) groups excluding carboxylic acids is 1. The number of rotatable bonds is 1. The van der Waals surface area contributed by atoms with E-state index in [1.807, 2.05) is 32.9 Å². The third-order valence-electron chi connectivity index (χ3n) is 2.86. The average molecular weight is 248 g/mol. The maximum absolute atomic E-state index is 11.9. The van der Waals surface area contributed by atoms with E-state index in [9.17, 15) is 4.79 Å². The third kappa shape index (κ3) is 2.75. The van der Waals surface area contributed by atoms with Crippen molar-refractivity contribution < 1.29 is 9.53 Å². The Labute approximate surface area is 108 Å². The number of benzene rings is 1. The van der Waals surface area contributed by atoms with E-state index in [0.29, 0.717) is 0 Å². The molecular formula is C14H20N2O2. The van der Waals surface area contributed by atoms with E-state index in [-0.39, 0.29) is 6.09 Å².